The fraction of sp³-hybridized carbons (Fsp3) is 0.412. The third-order valence-electron chi connectivity index (χ3n) is 5.32. The van der Waals surface area contributed by atoms with Crippen molar-refractivity contribution in [1.29, 1.82) is 0 Å². The molecular formula is C17H15NO5. The molecule has 118 valence electrons. The van der Waals surface area contributed by atoms with Crippen molar-refractivity contribution in [2.24, 2.45) is 17.3 Å². The van der Waals surface area contributed by atoms with Crippen LogP contribution in [0, 0.1) is 17.3 Å². The molecule has 0 radical (unpaired) electrons. The summed E-state index contributed by atoms with van der Waals surface area (Å²) >= 11 is 0. The Balaban J connectivity index is 1.79. The van der Waals surface area contributed by atoms with Gasteiger partial charge in [0.15, 0.2) is 0 Å². The molecule has 2 heterocycles. The van der Waals surface area contributed by atoms with Crippen LogP contribution in [0.25, 0.3) is 0 Å². The van der Waals surface area contributed by atoms with Crippen LogP contribution in [0.2, 0.25) is 0 Å². The van der Waals surface area contributed by atoms with Crippen molar-refractivity contribution in [2.45, 2.75) is 25.2 Å². The molecule has 3 fully saturated rings. The van der Waals surface area contributed by atoms with Gasteiger partial charge in [-0.15, -0.1) is 0 Å². The van der Waals surface area contributed by atoms with E-state index in [1.165, 1.54) is 0 Å². The Bertz CT molecular complexity index is 728. The normalized spacial score (nSPS) is 36.1. The number of carbonyl (C=O) groups is 4. The summed E-state index contributed by atoms with van der Waals surface area (Å²) in [5, 5.41) is 2.38. The predicted molar refractivity (Wildman–Crippen MR) is 76.7 cm³/mol. The number of esters is 2. The molecule has 0 aromatic heterocycles. The van der Waals surface area contributed by atoms with E-state index >= 15 is 0 Å². The number of cyclic esters (lactones) is 2. The molecule has 1 spiro atoms. The first-order valence-electron chi connectivity index (χ1n) is 7.65. The molecule has 2 amide bonds. The summed E-state index contributed by atoms with van der Waals surface area (Å²) in [5.41, 5.74) is -0.0839. The van der Waals surface area contributed by atoms with E-state index in [9.17, 15) is 19.2 Å². The molecule has 1 saturated carbocycles. The van der Waals surface area contributed by atoms with Crippen molar-refractivity contribution in [3.8, 4) is 0 Å². The lowest BCUT2D eigenvalue weighted by atomic mass is 9.59. The molecule has 4 atom stereocenters. The van der Waals surface area contributed by atoms with Crippen molar-refractivity contribution >= 4 is 23.8 Å². The van der Waals surface area contributed by atoms with Crippen molar-refractivity contribution in [2.75, 3.05) is 0 Å². The Hall–Kier alpha value is -2.50. The quantitative estimate of drug-likeness (QED) is 0.473. The van der Waals surface area contributed by atoms with Crippen LogP contribution in [0.3, 0.4) is 0 Å². The number of rotatable bonds is 1. The molecule has 6 nitrogen and oxygen atoms in total. The minimum atomic E-state index is -0.985. The summed E-state index contributed by atoms with van der Waals surface area (Å²) in [7, 11) is 0. The van der Waals surface area contributed by atoms with Crippen LogP contribution in [0.4, 0.5) is 0 Å². The Morgan fingerprint density at radius 2 is 1.65 bits per heavy atom. The molecule has 1 aliphatic carbocycles. The highest BCUT2D eigenvalue weighted by Crippen LogP contribution is 2.55. The van der Waals surface area contributed by atoms with E-state index in [2.05, 4.69) is 5.32 Å². The molecule has 2 saturated heterocycles. The van der Waals surface area contributed by atoms with E-state index in [0.29, 0.717) is 6.42 Å². The summed E-state index contributed by atoms with van der Waals surface area (Å²) < 4.78 is 4.75. The van der Waals surface area contributed by atoms with Gasteiger partial charge in [-0.2, -0.15) is 0 Å². The van der Waals surface area contributed by atoms with Crippen LogP contribution < -0.4 is 5.32 Å². The second kappa shape index (κ2) is 4.75. The number of imide groups is 1. The minimum Gasteiger partial charge on any atom is -0.393 e. The Morgan fingerprint density at radius 3 is 2.30 bits per heavy atom. The third-order valence-corrected chi connectivity index (χ3v) is 5.32. The van der Waals surface area contributed by atoms with Gasteiger partial charge in [-0.1, -0.05) is 30.3 Å². The van der Waals surface area contributed by atoms with Crippen LogP contribution in [-0.4, -0.2) is 23.8 Å². The highest BCUT2D eigenvalue weighted by atomic mass is 16.6. The molecule has 1 N–H and O–H groups in total. The molecule has 0 bridgehead atoms. The fourth-order valence-corrected chi connectivity index (χ4v) is 4.31. The van der Waals surface area contributed by atoms with Gasteiger partial charge in [0, 0.05) is 0 Å². The lowest BCUT2D eigenvalue weighted by molar-refractivity contribution is -0.157. The first kappa shape index (κ1) is 14.1. The van der Waals surface area contributed by atoms with E-state index < -0.39 is 29.2 Å². The summed E-state index contributed by atoms with van der Waals surface area (Å²) in [4.78, 5) is 48.2. The van der Waals surface area contributed by atoms with E-state index in [4.69, 9.17) is 4.74 Å². The lowest BCUT2D eigenvalue weighted by Gasteiger charge is -2.40. The summed E-state index contributed by atoms with van der Waals surface area (Å²) in [6.45, 7) is 0. The van der Waals surface area contributed by atoms with Crippen LogP contribution in [-0.2, 0) is 23.9 Å². The molecule has 1 aromatic rings. The van der Waals surface area contributed by atoms with Gasteiger partial charge < -0.3 is 4.74 Å². The molecule has 3 aliphatic rings. The SMILES string of the molecule is O=C1CC2(CC3C(=O)NC(=O)C3C(c3ccccc3)C2)C(=O)O1. The lowest BCUT2D eigenvalue weighted by Crippen LogP contribution is -2.42. The van der Waals surface area contributed by atoms with Crippen LogP contribution >= 0.6 is 0 Å². The number of ether oxygens (including phenoxy) is 1. The van der Waals surface area contributed by atoms with E-state index in [-0.39, 0.29) is 30.6 Å². The maximum Gasteiger partial charge on any atom is 0.320 e. The monoisotopic (exact) mass is 313 g/mol. The van der Waals surface area contributed by atoms with Gasteiger partial charge in [0.2, 0.25) is 11.8 Å². The molecule has 4 rings (SSSR count). The second-order valence-electron chi connectivity index (χ2n) is 6.63. The third kappa shape index (κ3) is 2.01. The number of hydrogen-bond donors (Lipinski definition) is 1. The summed E-state index contributed by atoms with van der Waals surface area (Å²) in [5.74, 6) is -3.11. The van der Waals surface area contributed by atoms with Gasteiger partial charge in [-0.25, -0.2) is 0 Å². The maximum absolute atomic E-state index is 12.3. The smallest absolute Gasteiger partial charge is 0.320 e. The number of benzene rings is 1. The highest BCUT2D eigenvalue weighted by Gasteiger charge is 2.61. The Morgan fingerprint density at radius 1 is 0.957 bits per heavy atom. The molecule has 4 unspecified atom stereocenters. The summed E-state index contributed by atoms with van der Waals surface area (Å²) in [6, 6.07) is 9.36. The van der Waals surface area contributed by atoms with E-state index in [1.807, 2.05) is 30.3 Å². The average molecular weight is 313 g/mol. The van der Waals surface area contributed by atoms with Crippen molar-refractivity contribution < 1.29 is 23.9 Å². The first-order valence-corrected chi connectivity index (χ1v) is 7.65. The van der Waals surface area contributed by atoms with Gasteiger partial charge in [0.25, 0.3) is 0 Å². The van der Waals surface area contributed by atoms with Gasteiger partial charge in [0.05, 0.1) is 23.7 Å². The second-order valence-corrected chi connectivity index (χ2v) is 6.63. The number of nitrogens with one attached hydrogen (secondary N) is 1. The minimum absolute atomic E-state index is 0.0140. The van der Waals surface area contributed by atoms with Crippen molar-refractivity contribution in [1.82, 2.24) is 5.32 Å². The zero-order valence-corrected chi connectivity index (χ0v) is 12.3. The number of hydrogen-bond acceptors (Lipinski definition) is 5. The summed E-state index contributed by atoms with van der Waals surface area (Å²) in [6.07, 6.45) is 0.534. The van der Waals surface area contributed by atoms with E-state index in [1.54, 1.807) is 0 Å². The zero-order valence-electron chi connectivity index (χ0n) is 12.3. The zero-order chi connectivity index (χ0) is 16.2. The molecule has 23 heavy (non-hydrogen) atoms. The van der Waals surface area contributed by atoms with Gasteiger partial charge in [0.1, 0.15) is 0 Å². The van der Waals surface area contributed by atoms with Gasteiger partial charge in [-0.05, 0) is 24.3 Å². The molecule has 1 aromatic carbocycles. The Kier molecular flexibility index (Phi) is 2.91. The molecular weight excluding hydrogens is 298 g/mol. The van der Waals surface area contributed by atoms with Crippen molar-refractivity contribution in [3.05, 3.63) is 35.9 Å². The van der Waals surface area contributed by atoms with Crippen molar-refractivity contribution in [3.63, 3.8) is 0 Å². The fourth-order valence-electron chi connectivity index (χ4n) is 4.31. The number of fused-ring (bicyclic) bond motifs is 1. The van der Waals surface area contributed by atoms with Gasteiger partial charge >= 0.3 is 11.9 Å². The average Bonchev–Trinajstić information content (AvgIpc) is 2.96. The molecule has 6 heteroatoms. The van der Waals surface area contributed by atoms with E-state index in [0.717, 1.165) is 5.56 Å². The topological polar surface area (TPSA) is 89.5 Å². The van der Waals surface area contributed by atoms with Crippen LogP contribution in [0.1, 0.15) is 30.7 Å². The number of carbonyl (C=O) groups excluding carboxylic acids is 4. The largest absolute Gasteiger partial charge is 0.393 e. The predicted octanol–water partition coefficient (Wildman–Crippen LogP) is 0.913. The molecule has 2 aliphatic heterocycles. The maximum atomic E-state index is 12.3. The standard InChI is InChI=1S/C17H15NO5/c19-12-8-17(16(22)23-12)6-10(9-4-2-1-3-5-9)13-11(7-17)14(20)18-15(13)21/h1-5,10-11,13H,6-8H2,(H,18,20,21). The Labute approximate surface area is 132 Å². The number of amides is 2. The van der Waals surface area contributed by atoms with Crippen LogP contribution in [0.15, 0.2) is 30.3 Å². The van der Waals surface area contributed by atoms with Crippen LogP contribution in [0.5, 0.6) is 0 Å². The first-order chi connectivity index (χ1) is 11.0. The van der Waals surface area contributed by atoms with Gasteiger partial charge in [-0.3, -0.25) is 24.5 Å². The highest BCUT2D eigenvalue weighted by molar-refractivity contribution is 6.07.